The van der Waals surface area contributed by atoms with E-state index in [-0.39, 0.29) is 85.3 Å². The molecule has 2 aromatic heterocycles. The molecular formula is C121H181N11O17. The average molecular weight is 2060 g/mol. The van der Waals surface area contributed by atoms with Crippen LogP contribution in [-0.4, -0.2) is 165 Å². The number of carbonyl (C=O) groups excluding carboxylic acids is 9. The van der Waals surface area contributed by atoms with Crippen LogP contribution in [0.4, 0.5) is 21.0 Å². The summed E-state index contributed by atoms with van der Waals surface area (Å²) in [7, 11) is 2.95. The van der Waals surface area contributed by atoms with Crippen LogP contribution in [0.3, 0.4) is 0 Å². The summed E-state index contributed by atoms with van der Waals surface area (Å²) >= 11 is 0. The molecule has 10 rings (SSSR count). The van der Waals surface area contributed by atoms with Crippen LogP contribution in [0.25, 0.3) is 21.8 Å². The van der Waals surface area contributed by atoms with Gasteiger partial charge in [-0.1, -0.05) is 390 Å². The van der Waals surface area contributed by atoms with E-state index in [9.17, 15) is 47.9 Å². The number of rotatable bonds is 70. The van der Waals surface area contributed by atoms with Gasteiger partial charge in [-0.3, -0.25) is 53.0 Å². The normalized spacial score (nSPS) is 13.5. The van der Waals surface area contributed by atoms with Crippen molar-refractivity contribution in [3.63, 3.8) is 0 Å². The molecule has 2 aliphatic heterocycles. The van der Waals surface area contributed by atoms with E-state index >= 15 is 4.79 Å². The van der Waals surface area contributed by atoms with Crippen molar-refractivity contribution in [2.75, 3.05) is 70.9 Å². The minimum absolute atomic E-state index is 0.0225. The van der Waals surface area contributed by atoms with Crippen molar-refractivity contribution in [3.05, 3.63) is 200 Å². The summed E-state index contributed by atoms with van der Waals surface area (Å²) < 4.78 is 43.0. The van der Waals surface area contributed by atoms with Crippen LogP contribution in [0.1, 0.15) is 410 Å². The highest BCUT2D eigenvalue weighted by molar-refractivity contribution is 6.09. The predicted molar refractivity (Wildman–Crippen MR) is 599 cm³/mol. The highest BCUT2D eigenvalue weighted by Gasteiger charge is 2.53. The van der Waals surface area contributed by atoms with E-state index in [4.69, 9.17) is 39.8 Å². The third kappa shape index (κ3) is 46.5. The Morgan fingerprint density at radius 1 is 0.416 bits per heavy atom. The Bertz CT molecular complexity index is 5340. The Hall–Kier alpha value is -11.5. The van der Waals surface area contributed by atoms with Gasteiger partial charge in [0, 0.05) is 27.7 Å². The van der Waals surface area contributed by atoms with Gasteiger partial charge in [-0.25, -0.2) is 34.0 Å². The summed E-state index contributed by atoms with van der Waals surface area (Å²) in [5.41, 5.74) is 3.09. The fraction of sp³-hybridized carbons (Fsp3) is 0.595. The summed E-state index contributed by atoms with van der Waals surface area (Å²) in [6.45, 7) is 26.1. The van der Waals surface area contributed by atoms with E-state index in [0.29, 0.717) is 77.4 Å². The molecule has 0 spiro atoms. The molecule has 149 heavy (non-hydrogen) atoms. The van der Waals surface area contributed by atoms with Crippen molar-refractivity contribution in [1.29, 1.82) is 0 Å². The van der Waals surface area contributed by atoms with E-state index in [1.54, 1.807) is 85.1 Å². The molecule has 8 amide bonds. The average Bonchev–Trinajstić information content (AvgIpc) is 1.55. The molecule has 3 unspecified atom stereocenters. The first-order valence-corrected chi connectivity index (χ1v) is 56.4. The number of fused-ring (bicyclic) bond motifs is 2. The van der Waals surface area contributed by atoms with Gasteiger partial charge >= 0.3 is 24.0 Å². The molecule has 822 valence electrons. The molecule has 28 nitrogen and oxygen atoms in total. The van der Waals surface area contributed by atoms with E-state index in [0.717, 1.165) is 99.5 Å². The standard InChI is InChI=1S/C56H79N5O8.C44H67N3O5.C12H14N2O3.C6H15N.C3H6O/c1-5-8-10-12-14-16-18-19-21-23-25-32-40-69-55(65)44-37-38-48(67-4)47(41-44)58-51(62)49(61-53(64)54(68-7-3)60(56(61)66)42-43-33-27-26-28-34-43)50-57-46-36-30-29-35-45(46)52(63)59(50)39-31-24-22-20-17-15-13-11-9-6-2;1-4-6-8-10-12-14-16-17-19-21-23-27-33-52-44(50)36-30-31-40(51-3)39(34-36)46-42(48)35-41-45-38-29-25-24-28-37(38)43(49)47(41)32-26-22-20-18-15-13-11-9-7-5-2;1-2-17-11-10(15)13-12(16)14(11)8-9-6-4-3-5-7-9;1-4-7(5-2)6-3;1-3(2)4/h26-30,33-38,41,49,54H,5-25,31-32,39-40,42H2,1-4H3,(H,58,62);24-25,28-31,34H,4-23,26-27,32-33,35H2,1-3H3,(H,46,48);3-7,11H,2,8H2,1H3,(H,13,15,16);4-6H2,1-3H3;1-2H3/i;;;;1D. The van der Waals surface area contributed by atoms with E-state index in [1.807, 2.05) is 72.8 Å². The Morgan fingerprint density at radius 3 is 1.16 bits per heavy atom. The lowest BCUT2D eigenvalue weighted by Gasteiger charge is -2.27. The molecule has 2 aliphatic rings. The van der Waals surface area contributed by atoms with E-state index < -0.39 is 60.2 Å². The summed E-state index contributed by atoms with van der Waals surface area (Å²) in [5, 5.41) is 8.92. The SMILES string of the molecule is CCCCCCCCCCCCCCOC(=O)c1ccc(OC)c(NC(=O)C(c2nc3ccccc3c(=O)n2CCCCCCCCCCCC)N2C(=O)C(OCC)N(Cc3ccccc3)C2=O)c1.CCCCCCCCCCCCCCOC(=O)c1ccc(OC)c(NC(=O)Cc2nc3ccccc3c(=O)n2CCCCCCCCCCCC)c1.CCN(CC)CC.CCOC1C(=O)NC(=O)N1Cc1ccccc1.[2H]CC(C)=O. The van der Waals surface area contributed by atoms with Gasteiger partial charge in [0.2, 0.25) is 18.4 Å². The maximum absolute atomic E-state index is 15.2. The van der Waals surface area contributed by atoms with Crippen LogP contribution in [-0.2, 0) is 75.5 Å². The second kappa shape index (κ2) is 76.1. The van der Waals surface area contributed by atoms with Gasteiger partial charge in [-0.2, -0.15) is 0 Å². The van der Waals surface area contributed by atoms with Gasteiger partial charge in [0.15, 0.2) is 6.04 Å². The largest absolute Gasteiger partial charge is 0.495 e. The summed E-state index contributed by atoms with van der Waals surface area (Å²) in [5.74, 6) is -2.40. The highest BCUT2D eigenvalue weighted by atomic mass is 16.5. The van der Waals surface area contributed by atoms with Crippen LogP contribution in [0, 0.1) is 0 Å². The topological polar surface area (TPSA) is 328 Å². The van der Waals surface area contributed by atoms with Crippen molar-refractivity contribution in [3.8, 4) is 11.5 Å². The number of methoxy groups -OCH3 is 2. The zero-order valence-electron chi connectivity index (χ0n) is 93.4. The molecule has 0 saturated carbocycles. The Balaban J connectivity index is 0.000000367. The second-order valence-corrected chi connectivity index (χ2v) is 38.8. The van der Waals surface area contributed by atoms with Gasteiger partial charge in [0.1, 0.15) is 28.9 Å². The van der Waals surface area contributed by atoms with Crippen molar-refractivity contribution in [2.45, 2.75) is 410 Å². The first-order valence-electron chi connectivity index (χ1n) is 57.1. The molecule has 2 fully saturated rings. The number of ketones is 1. The molecular weight excluding hydrogens is 1880 g/mol. The van der Waals surface area contributed by atoms with Crippen LogP contribution in [0.15, 0.2) is 155 Å². The maximum atomic E-state index is 15.2. The number of esters is 2. The van der Waals surface area contributed by atoms with Gasteiger partial charge in [0.25, 0.3) is 28.8 Å². The van der Waals surface area contributed by atoms with Crippen LogP contribution in [0.2, 0.25) is 0 Å². The number of hydrogen-bond donors (Lipinski definition) is 3. The molecule has 4 heterocycles. The maximum Gasteiger partial charge on any atom is 0.338 e. The number of Topliss-reactive ketones (excluding diaryl/α,β-unsaturated/α-hetero) is 1. The number of unbranched alkanes of at least 4 members (excludes halogenated alkanes) is 40. The molecule has 0 bridgehead atoms. The number of amides is 8. The number of imide groups is 2. The van der Waals surface area contributed by atoms with Crippen molar-refractivity contribution < 1.29 is 72.9 Å². The highest BCUT2D eigenvalue weighted by Crippen LogP contribution is 2.36. The number of carbonyl (C=O) groups is 9. The Morgan fingerprint density at radius 2 is 0.772 bits per heavy atom. The number of anilines is 2. The third-order valence-corrected chi connectivity index (χ3v) is 26.8. The van der Waals surface area contributed by atoms with Crippen molar-refractivity contribution in [2.24, 2.45) is 0 Å². The number of aromatic nitrogens is 4. The lowest BCUT2D eigenvalue weighted by molar-refractivity contribution is -0.145. The van der Waals surface area contributed by atoms with Crippen molar-refractivity contribution in [1.82, 2.24) is 44.0 Å². The predicted octanol–water partition coefficient (Wildman–Crippen LogP) is 27.1. The van der Waals surface area contributed by atoms with Gasteiger partial charge in [-0.15, -0.1) is 0 Å². The lowest BCUT2D eigenvalue weighted by Crippen LogP contribution is -2.45. The minimum atomic E-state index is -1.74. The minimum Gasteiger partial charge on any atom is -0.495 e. The Labute approximate surface area is 891 Å². The number of benzene rings is 6. The summed E-state index contributed by atoms with van der Waals surface area (Å²) in [4.78, 5) is 161. The van der Waals surface area contributed by atoms with Gasteiger partial charge < -0.3 is 48.7 Å². The van der Waals surface area contributed by atoms with E-state index in [1.165, 1.54) is 254 Å². The second-order valence-electron chi connectivity index (χ2n) is 38.8. The molecule has 0 aliphatic carbocycles. The number of ether oxygens (including phenoxy) is 6. The quantitative estimate of drug-likeness (QED) is 0.0181. The first kappa shape index (κ1) is 124. The molecule has 6 aromatic carbocycles. The van der Waals surface area contributed by atoms with Gasteiger partial charge in [-0.05, 0) is 145 Å². The van der Waals surface area contributed by atoms with Crippen LogP contribution in [0.5, 0.6) is 11.5 Å². The zero-order chi connectivity index (χ0) is 109. The third-order valence-electron chi connectivity index (χ3n) is 26.8. The van der Waals surface area contributed by atoms with Crippen molar-refractivity contribution >= 4 is 86.6 Å². The zero-order valence-corrected chi connectivity index (χ0v) is 92.4. The number of nitrogens with zero attached hydrogens (tertiary/aromatic N) is 8. The summed E-state index contributed by atoms with van der Waals surface area (Å²) in [6, 6.07) is 39.4. The number of nitrogens with one attached hydrogen (secondary N) is 3. The fourth-order valence-electron chi connectivity index (χ4n) is 18.3. The lowest BCUT2D eigenvalue weighted by atomic mass is 10.1. The molecule has 3 N–H and O–H groups in total. The molecule has 3 atom stereocenters. The molecule has 0 radical (unpaired) electrons. The first-order chi connectivity index (χ1) is 73.0. The number of urea groups is 2. The number of hydrogen-bond acceptors (Lipinski definition) is 20. The summed E-state index contributed by atoms with van der Waals surface area (Å²) in [6.07, 6.45) is 49.8. The molecule has 2 saturated heterocycles. The number of para-hydroxylation sites is 2. The molecule has 8 aromatic rings. The van der Waals surface area contributed by atoms with Gasteiger partial charge in [0.05, 0.1) is 91.3 Å². The molecule has 28 heteroatoms. The van der Waals surface area contributed by atoms with Crippen LogP contribution < -0.4 is 36.5 Å². The fourth-order valence-corrected chi connectivity index (χ4v) is 18.3. The van der Waals surface area contributed by atoms with Crippen LogP contribution >= 0.6 is 0 Å². The smallest absolute Gasteiger partial charge is 0.338 e. The Kier molecular flexibility index (Phi) is 63.5. The van der Waals surface area contributed by atoms with E-state index in [2.05, 4.69) is 69.3 Å². The monoisotopic (exact) mass is 2060 g/mol.